The van der Waals surface area contributed by atoms with Gasteiger partial charge in [-0.25, -0.2) is 0 Å². The van der Waals surface area contributed by atoms with Gasteiger partial charge in [-0.3, -0.25) is 0 Å². The van der Waals surface area contributed by atoms with E-state index in [2.05, 4.69) is 59.7 Å². The predicted octanol–water partition coefficient (Wildman–Crippen LogP) is 3.58. The highest BCUT2D eigenvalue weighted by Crippen LogP contribution is 2.14. The molecule has 12 heteroatoms. The smallest absolute Gasteiger partial charge is 0.231 e. The first-order chi connectivity index (χ1) is 13.7. The minimum atomic E-state index is 0.183. The number of rotatable bonds is 8. The minimum absolute atomic E-state index is 0.183. The van der Waals surface area contributed by atoms with Crippen molar-refractivity contribution in [1.82, 2.24) is 29.9 Å². The van der Waals surface area contributed by atoms with E-state index >= 15 is 0 Å². The SMILES string of the molecule is CCN(CC)c1nc(Cl)nc(NC(C)C)n1.CNc1nc(Cl)nc(NC(C)C)n1. The highest BCUT2D eigenvalue weighted by molar-refractivity contribution is 6.28. The van der Waals surface area contributed by atoms with Gasteiger partial charge in [0.05, 0.1) is 0 Å². The molecule has 2 aromatic rings. The third-order valence-electron chi connectivity index (χ3n) is 3.31. The zero-order valence-corrected chi connectivity index (χ0v) is 19.5. The maximum Gasteiger partial charge on any atom is 0.231 e. The van der Waals surface area contributed by atoms with E-state index in [1.54, 1.807) is 7.05 Å². The molecule has 0 unspecified atom stereocenters. The van der Waals surface area contributed by atoms with Crippen molar-refractivity contribution in [3.05, 3.63) is 10.6 Å². The van der Waals surface area contributed by atoms with Crippen LogP contribution in [0.3, 0.4) is 0 Å². The van der Waals surface area contributed by atoms with Crippen LogP contribution in [0.25, 0.3) is 0 Å². The molecule has 2 aromatic heterocycles. The molecule has 0 aromatic carbocycles. The van der Waals surface area contributed by atoms with Gasteiger partial charge in [0.2, 0.25) is 34.4 Å². The van der Waals surface area contributed by atoms with Gasteiger partial charge < -0.3 is 20.9 Å². The zero-order chi connectivity index (χ0) is 22.0. The fourth-order valence-electron chi connectivity index (χ4n) is 2.09. The molecule has 162 valence electrons. The summed E-state index contributed by atoms with van der Waals surface area (Å²) in [7, 11) is 1.73. The van der Waals surface area contributed by atoms with Crippen molar-refractivity contribution in [2.24, 2.45) is 0 Å². The number of nitrogens with one attached hydrogen (secondary N) is 3. The second-order valence-electron chi connectivity index (χ2n) is 6.50. The summed E-state index contributed by atoms with van der Waals surface area (Å²) in [5.41, 5.74) is 0. The third-order valence-corrected chi connectivity index (χ3v) is 3.65. The molecular weight excluding hydrogens is 415 g/mol. The first-order valence-electron chi connectivity index (χ1n) is 9.47. The highest BCUT2D eigenvalue weighted by Gasteiger charge is 2.10. The van der Waals surface area contributed by atoms with Gasteiger partial charge in [0.25, 0.3) is 0 Å². The number of nitrogens with zero attached hydrogens (tertiary/aromatic N) is 7. The molecule has 0 radical (unpaired) electrons. The van der Waals surface area contributed by atoms with E-state index in [4.69, 9.17) is 23.2 Å². The Morgan fingerprint density at radius 2 is 1.17 bits per heavy atom. The second kappa shape index (κ2) is 12.4. The second-order valence-corrected chi connectivity index (χ2v) is 7.18. The minimum Gasteiger partial charge on any atom is -0.357 e. The molecule has 2 heterocycles. The topological polar surface area (TPSA) is 117 Å². The van der Waals surface area contributed by atoms with Gasteiger partial charge in [-0.15, -0.1) is 0 Å². The van der Waals surface area contributed by atoms with Crippen molar-refractivity contribution in [2.45, 2.75) is 53.6 Å². The Labute approximate surface area is 182 Å². The Balaban J connectivity index is 0.000000296. The number of aromatic nitrogens is 6. The van der Waals surface area contributed by atoms with E-state index in [1.165, 1.54) is 0 Å². The van der Waals surface area contributed by atoms with Crippen molar-refractivity contribution >= 4 is 47.0 Å². The first kappa shape index (κ1) is 24.8. The molecule has 2 rings (SSSR count). The summed E-state index contributed by atoms with van der Waals surface area (Å²) < 4.78 is 0. The fraction of sp³-hybridized carbons (Fsp3) is 0.647. The molecule has 0 aliphatic heterocycles. The van der Waals surface area contributed by atoms with E-state index in [0.717, 1.165) is 13.1 Å². The molecule has 0 spiro atoms. The van der Waals surface area contributed by atoms with Crippen LogP contribution in [0.1, 0.15) is 41.5 Å². The van der Waals surface area contributed by atoms with E-state index in [1.807, 2.05) is 32.6 Å². The van der Waals surface area contributed by atoms with Crippen LogP contribution in [0.15, 0.2) is 0 Å². The Bertz CT molecular complexity index is 753. The number of hydrogen-bond donors (Lipinski definition) is 3. The molecule has 0 saturated heterocycles. The molecule has 10 nitrogen and oxygen atoms in total. The molecule has 0 atom stereocenters. The van der Waals surface area contributed by atoms with Crippen molar-refractivity contribution in [2.75, 3.05) is 41.0 Å². The van der Waals surface area contributed by atoms with Gasteiger partial charge in [-0.2, -0.15) is 29.9 Å². The van der Waals surface area contributed by atoms with Crippen LogP contribution in [-0.2, 0) is 0 Å². The Morgan fingerprint density at radius 3 is 1.62 bits per heavy atom. The van der Waals surface area contributed by atoms with Crippen LogP contribution in [0, 0.1) is 0 Å². The lowest BCUT2D eigenvalue weighted by Crippen LogP contribution is -2.25. The van der Waals surface area contributed by atoms with Crippen LogP contribution >= 0.6 is 23.2 Å². The molecule has 0 aliphatic carbocycles. The summed E-state index contributed by atoms with van der Waals surface area (Å²) in [6.45, 7) is 13.8. The van der Waals surface area contributed by atoms with Crippen LogP contribution in [0.2, 0.25) is 10.6 Å². The van der Waals surface area contributed by atoms with Crippen molar-refractivity contribution in [3.8, 4) is 0 Å². The van der Waals surface area contributed by atoms with Gasteiger partial charge in [-0.05, 0) is 64.7 Å². The predicted molar refractivity (Wildman–Crippen MR) is 120 cm³/mol. The van der Waals surface area contributed by atoms with Crippen LogP contribution in [0.5, 0.6) is 0 Å². The van der Waals surface area contributed by atoms with Gasteiger partial charge in [0.15, 0.2) is 0 Å². The molecule has 0 fully saturated rings. The van der Waals surface area contributed by atoms with E-state index in [9.17, 15) is 0 Å². The fourth-order valence-corrected chi connectivity index (χ4v) is 2.41. The van der Waals surface area contributed by atoms with Crippen LogP contribution in [-0.4, -0.2) is 62.1 Å². The van der Waals surface area contributed by atoms with Gasteiger partial charge in [-0.1, -0.05) is 0 Å². The lowest BCUT2D eigenvalue weighted by Gasteiger charge is -2.19. The number of anilines is 4. The largest absolute Gasteiger partial charge is 0.357 e. The maximum atomic E-state index is 5.86. The molecular formula is C17H30Cl2N10. The molecule has 0 saturated carbocycles. The zero-order valence-electron chi connectivity index (χ0n) is 18.0. The van der Waals surface area contributed by atoms with Crippen molar-refractivity contribution in [1.29, 1.82) is 0 Å². The monoisotopic (exact) mass is 444 g/mol. The van der Waals surface area contributed by atoms with Crippen LogP contribution < -0.4 is 20.9 Å². The Morgan fingerprint density at radius 1 is 0.724 bits per heavy atom. The molecule has 0 aliphatic rings. The van der Waals surface area contributed by atoms with E-state index < -0.39 is 0 Å². The van der Waals surface area contributed by atoms with Gasteiger partial charge in [0, 0.05) is 32.2 Å². The summed E-state index contributed by atoms with van der Waals surface area (Å²) in [4.78, 5) is 26.3. The molecule has 0 amide bonds. The molecule has 29 heavy (non-hydrogen) atoms. The third kappa shape index (κ3) is 9.23. The van der Waals surface area contributed by atoms with E-state index in [0.29, 0.717) is 23.8 Å². The van der Waals surface area contributed by atoms with Crippen molar-refractivity contribution in [3.63, 3.8) is 0 Å². The average Bonchev–Trinajstić information content (AvgIpc) is 2.61. The number of halogens is 2. The van der Waals surface area contributed by atoms with Gasteiger partial charge in [0.1, 0.15) is 0 Å². The highest BCUT2D eigenvalue weighted by atomic mass is 35.5. The normalized spacial score (nSPS) is 10.4. The first-order valence-corrected chi connectivity index (χ1v) is 10.2. The Kier molecular flexibility index (Phi) is 10.6. The quantitative estimate of drug-likeness (QED) is 0.557. The summed E-state index contributed by atoms with van der Waals surface area (Å²) in [5.74, 6) is 2.09. The lowest BCUT2D eigenvalue weighted by molar-refractivity contribution is 0.802. The summed E-state index contributed by atoms with van der Waals surface area (Å²) in [5, 5.41) is 9.35. The van der Waals surface area contributed by atoms with E-state index in [-0.39, 0.29) is 22.7 Å². The average molecular weight is 445 g/mol. The summed E-state index contributed by atoms with van der Waals surface area (Å²) in [6, 6.07) is 0.534. The van der Waals surface area contributed by atoms with Crippen molar-refractivity contribution < 1.29 is 0 Å². The number of hydrogen-bond acceptors (Lipinski definition) is 10. The lowest BCUT2D eigenvalue weighted by atomic mass is 10.4. The molecule has 0 bridgehead atoms. The standard InChI is InChI=1S/C10H18ClN5.C7H12ClN5/c1-5-16(6-2)10-14-8(11)13-9(15-10)12-7(3)4;1-4(2)10-7-12-5(8)11-6(9-3)13-7/h7H,5-6H2,1-4H3,(H,12,13,14,15);4H,1-3H3,(H2,9,10,11,12,13). The van der Waals surface area contributed by atoms with Gasteiger partial charge >= 0.3 is 0 Å². The summed E-state index contributed by atoms with van der Waals surface area (Å²) >= 11 is 11.5. The summed E-state index contributed by atoms with van der Waals surface area (Å²) in [6.07, 6.45) is 0. The molecule has 3 N–H and O–H groups in total. The maximum absolute atomic E-state index is 5.86. The van der Waals surface area contributed by atoms with Crippen LogP contribution in [0.4, 0.5) is 23.8 Å². The Hall–Kier alpha value is -2.20.